The normalized spacial score (nSPS) is 12.6. The number of aryl methyl sites for hydroxylation is 1. The van der Waals surface area contributed by atoms with Gasteiger partial charge >= 0.3 is 0 Å². The molecule has 0 unspecified atom stereocenters. The summed E-state index contributed by atoms with van der Waals surface area (Å²) in [6.07, 6.45) is 0. The molecule has 0 saturated heterocycles. The van der Waals surface area contributed by atoms with Crippen LogP contribution in [0, 0.1) is 6.92 Å². The SMILES string of the molecule is Cc1ccc(S(=O)(=O)N(CC(=O)N(Cc2ccc(Br)cc2)[C@H](C)C(=O)NC(C)(C)C)c2ccc(C(C)C)cc2)cc1. The molecule has 1 N–H and O–H groups in total. The van der Waals surface area contributed by atoms with Gasteiger partial charge in [0.15, 0.2) is 0 Å². The number of halogens is 1. The Kier molecular flexibility index (Phi) is 10.4. The number of nitrogens with zero attached hydrogens (tertiary/aromatic N) is 2. The van der Waals surface area contributed by atoms with Crippen LogP contribution in [0.15, 0.2) is 82.2 Å². The predicted octanol–water partition coefficient (Wildman–Crippen LogP) is 6.41. The highest BCUT2D eigenvalue weighted by atomic mass is 79.9. The van der Waals surface area contributed by atoms with Gasteiger partial charge in [0, 0.05) is 16.6 Å². The predicted molar refractivity (Wildman–Crippen MR) is 168 cm³/mol. The second-order valence-corrected chi connectivity index (χ2v) is 14.4. The number of hydrogen-bond donors (Lipinski definition) is 1. The van der Waals surface area contributed by atoms with Crippen LogP contribution < -0.4 is 9.62 Å². The Bertz CT molecular complexity index is 1450. The van der Waals surface area contributed by atoms with E-state index in [4.69, 9.17) is 0 Å². The molecule has 0 aliphatic rings. The molecule has 0 aliphatic heterocycles. The fourth-order valence-electron chi connectivity index (χ4n) is 4.23. The smallest absolute Gasteiger partial charge is 0.264 e. The fourth-order valence-corrected chi connectivity index (χ4v) is 5.91. The zero-order valence-electron chi connectivity index (χ0n) is 24.8. The summed E-state index contributed by atoms with van der Waals surface area (Å²) in [4.78, 5) is 28.8. The average Bonchev–Trinajstić information content (AvgIpc) is 2.90. The van der Waals surface area contributed by atoms with Crippen molar-refractivity contribution in [3.8, 4) is 0 Å². The number of rotatable bonds is 10. The standard InChI is InChI=1S/C32H40BrN3O4S/c1-22(2)26-12-16-28(17-13-26)36(41(39,40)29-18-8-23(3)9-19-29)21-30(37)35(20-25-10-14-27(33)15-11-25)24(4)31(38)34-32(5,6)7/h8-19,22,24H,20-21H2,1-7H3,(H,34,38)/t24-/m1/s1. The zero-order chi connectivity index (χ0) is 30.5. The van der Waals surface area contributed by atoms with Crippen molar-refractivity contribution in [2.45, 2.75) is 77.4 Å². The molecule has 0 spiro atoms. The minimum absolute atomic E-state index is 0.0850. The van der Waals surface area contributed by atoms with Gasteiger partial charge in [0.25, 0.3) is 10.0 Å². The summed E-state index contributed by atoms with van der Waals surface area (Å²) in [5, 5.41) is 2.94. The number of sulfonamides is 1. The lowest BCUT2D eigenvalue weighted by molar-refractivity contribution is -0.140. The Morgan fingerprint density at radius 3 is 1.95 bits per heavy atom. The maximum absolute atomic E-state index is 14.0. The first-order chi connectivity index (χ1) is 19.1. The van der Waals surface area contributed by atoms with E-state index in [1.165, 1.54) is 4.90 Å². The molecule has 0 heterocycles. The van der Waals surface area contributed by atoms with Crippen LogP contribution in [0.4, 0.5) is 5.69 Å². The monoisotopic (exact) mass is 641 g/mol. The van der Waals surface area contributed by atoms with Gasteiger partial charge in [0.1, 0.15) is 12.6 Å². The molecule has 3 aromatic carbocycles. The number of nitrogens with one attached hydrogen (secondary N) is 1. The van der Waals surface area contributed by atoms with Gasteiger partial charge in [0.2, 0.25) is 11.8 Å². The molecule has 220 valence electrons. The molecule has 0 fully saturated rings. The Hall–Kier alpha value is -3.17. The van der Waals surface area contributed by atoms with Gasteiger partial charge < -0.3 is 10.2 Å². The van der Waals surface area contributed by atoms with E-state index < -0.39 is 34.1 Å². The first kappa shape index (κ1) is 32.3. The van der Waals surface area contributed by atoms with Crippen LogP contribution in [0.2, 0.25) is 0 Å². The van der Waals surface area contributed by atoms with Gasteiger partial charge in [-0.2, -0.15) is 0 Å². The van der Waals surface area contributed by atoms with Crippen molar-refractivity contribution in [2.24, 2.45) is 0 Å². The molecule has 0 aromatic heterocycles. The highest BCUT2D eigenvalue weighted by Crippen LogP contribution is 2.27. The Labute approximate surface area is 253 Å². The zero-order valence-corrected chi connectivity index (χ0v) is 27.2. The molecule has 9 heteroatoms. The van der Waals surface area contributed by atoms with Crippen molar-refractivity contribution < 1.29 is 18.0 Å². The summed E-state index contributed by atoms with van der Waals surface area (Å²) in [7, 11) is -4.11. The summed E-state index contributed by atoms with van der Waals surface area (Å²) in [6, 6.07) is 20.4. The average molecular weight is 643 g/mol. The second kappa shape index (κ2) is 13.2. The molecule has 3 aromatic rings. The van der Waals surface area contributed by atoms with Crippen molar-refractivity contribution in [1.82, 2.24) is 10.2 Å². The Balaban J connectivity index is 2.05. The third-order valence-electron chi connectivity index (χ3n) is 6.67. The van der Waals surface area contributed by atoms with Crippen LogP contribution in [0.1, 0.15) is 64.2 Å². The van der Waals surface area contributed by atoms with E-state index in [-0.39, 0.29) is 23.3 Å². The van der Waals surface area contributed by atoms with Crippen LogP contribution in [0.3, 0.4) is 0 Å². The molecule has 0 aliphatic carbocycles. The molecular weight excluding hydrogens is 602 g/mol. The topological polar surface area (TPSA) is 86.8 Å². The minimum Gasteiger partial charge on any atom is -0.350 e. The van der Waals surface area contributed by atoms with Crippen LogP contribution in [-0.2, 0) is 26.2 Å². The summed E-state index contributed by atoms with van der Waals surface area (Å²) >= 11 is 3.43. The van der Waals surface area contributed by atoms with Crippen LogP contribution in [0.5, 0.6) is 0 Å². The Morgan fingerprint density at radius 2 is 1.44 bits per heavy atom. The highest BCUT2D eigenvalue weighted by Gasteiger charge is 2.33. The first-order valence-electron chi connectivity index (χ1n) is 13.6. The summed E-state index contributed by atoms with van der Waals surface area (Å²) in [5.74, 6) is -0.554. The number of carbonyl (C=O) groups excluding carboxylic acids is 2. The van der Waals surface area contributed by atoms with Crippen molar-refractivity contribution in [3.63, 3.8) is 0 Å². The number of benzene rings is 3. The van der Waals surface area contributed by atoms with Crippen LogP contribution >= 0.6 is 15.9 Å². The molecule has 41 heavy (non-hydrogen) atoms. The van der Waals surface area contributed by atoms with Gasteiger partial charge in [0.05, 0.1) is 10.6 Å². The number of anilines is 1. The molecule has 0 saturated carbocycles. The maximum atomic E-state index is 14.0. The van der Waals surface area contributed by atoms with E-state index in [0.717, 1.165) is 25.5 Å². The number of carbonyl (C=O) groups is 2. The van der Waals surface area contributed by atoms with E-state index in [2.05, 4.69) is 35.1 Å². The first-order valence-corrected chi connectivity index (χ1v) is 15.9. The van der Waals surface area contributed by atoms with Gasteiger partial charge in [-0.3, -0.25) is 13.9 Å². The van der Waals surface area contributed by atoms with Gasteiger partial charge in [-0.1, -0.05) is 71.7 Å². The van der Waals surface area contributed by atoms with Crippen molar-refractivity contribution >= 4 is 43.5 Å². The fraction of sp³-hybridized carbons (Fsp3) is 0.375. The molecular formula is C32H40BrN3O4S. The largest absolute Gasteiger partial charge is 0.350 e. The number of hydrogen-bond acceptors (Lipinski definition) is 4. The van der Waals surface area contributed by atoms with E-state index in [1.807, 2.05) is 64.1 Å². The highest BCUT2D eigenvalue weighted by molar-refractivity contribution is 9.10. The van der Waals surface area contributed by atoms with Gasteiger partial charge in [-0.25, -0.2) is 8.42 Å². The van der Waals surface area contributed by atoms with Crippen LogP contribution in [-0.4, -0.2) is 43.3 Å². The van der Waals surface area contributed by atoms with E-state index in [0.29, 0.717) is 5.69 Å². The summed E-state index contributed by atoms with van der Waals surface area (Å²) < 4.78 is 30.0. The minimum atomic E-state index is -4.11. The lowest BCUT2D eigenvalue weighted by Crippen LogP contribution is -2.54. The lowest BCUT2D eigenvalue weighted by Gasteiger charge is -2.33. The van der Waals surface area contributed by atoms with Gasteiger partial charge in [-0.15, -0.1) is 0 Å². The molecule has 2 amide bonds. The summed E-state index contributed by atoms with van der Waals surface area (Å²) in [5.41, 5.74) is 2.66. The third kappa shape index (κ3) is 8.66. The molecule has 0 bridgehead atoms. The second-order valence-electron chi connectivity index (χ2n) is 11.6. The molecule has 7 nitrogen and oxygen atoms in total. The van der Waals surface area contributed by atoms with E-state index in [1.54, 1.807) is 43.3 Å². The van der Waals surface area contributed by atoms with Crippen molar-refractivity contribution in [3.05, 3.63) is 94.0 Å². The third-order valence-corrected chi connectivity index (χ3v) is 8.98. The quantitative estimate of drug-likeness (QED) is 0.277. The van der Waals surface area contributed by atoms with Crippen molar-refractivity contribution in [1.29, 1.82) is 0 Å². The van der Waals surface area contributed by atoms with Crippen molar-refractivity contribution in [2.75, 3.05) is 10.8 Å². The summed E-state index contributed by atoms with van der Waals surface area (Å²) in [6.45, 7) is 12.9. The Morgan fingerprint density at radius 1 is 0.878 bits per heavy atom. The molecule has 3 rings (SSSR count). The molecule has 1 atom stereocenters. The molecule has 0 radical (unpaired) electrons. The maximum Gasteiger partial charge on any atom is 0.264 e. The van der Waals surface area contributed by atoms with Crippen LogP contribution in [0.25, 0.3) is 0 Å². The van der Waals surface area contributed by atoms with E-state index >= 15 is 0 Å². The van der Waals surface area contributed by atoms with Gasteiger partial charge in [-0.05, 0) is 88.1 Å². The number of amides is 2. The lowest BCUT2D eigenvalue weighted by atomic mass is 10.0. The van der Waals surface area contributed by atoms with E-state index in [9.17, 15) is 18.0 Å².